The number of hydrogen-bond donors (Lipinski definition) is 1. The quantitative estimate of drug-likeness (QED) is 0.818. The second-order valence-corrected chi connectivity index (χ2v) is 5.23. The summed E-state index contributed by atoms with van der Waals surface area (Å²) in [6.07, 6.45) is -1.11. The van der Waals surface area contributed by atoms with Crippen LogP contribution in [0.3, 0.4) is 0 Å². The van der Waals surface area contributed by atoms with Gasteiger partial charge < -0.3 is 5.11 Å². The van der Waals surface area contributed by atoms with Crippen LogP contribution in [0.25, 0.3) is 0 Å². The number of carbonyl (C=O) groups is 2. The highest BCUT2D eigenvalue weighted by molar-refractivity contribution is 7.85. The first-order valence-corrected chi connectivity index (χ1v) is 6.40. The van der Waals surface area contributed by atoms with E-state index in [9.17, 15) is 13.8 Å². The predicted octanol–water partition coefficient (Wildman–Crippen LogP) is 1.07. The molecule has 1 unspecified atom stereocenters. The van der Waals surface area contributed by atoms with Crippen molar-refractivity contribution in [2.24, 2.45) is 0 Å². The van der Waals surface area contributed by atoms with Crippen LogP contribution in [0.15, 0.2) is 35.2 Å². The number of amides is 2. The first-order chi connectivity index (χ1) is 8.09. The first kappa shape index (κ1) is 11.8. The Balaban J connectivity index is 2.01. The lowest BCUT2D eigenvalue weighted by atomic mass is 10.1. The standard InChI is InChI=1S/C11H11NO4S/c13-10-6-8(12(10)11(14)15)7-17(16)9-4-2-1-3-5-9/h1-5,8H,6-7H2,(H,14,15)/t8-,17?/m1/s1. The highest BCUT2D eigenvalue weighted by Crippen LogP contribution is 2.21. The van der Waals surface area contributed by atoms with Crippen LogP contribution in [0.1, 0.15) is 6.42 Å². The van der Waals surface area contributed by atoms with Crippen molar-refractivity contribution in [2.45, 2.75) is 17.4 Å². The van der Waals surface area contributed by atoms with Crippen molar-refractivity contribution in [3.05, 3.63) is 30.3 Å². The van der Waals surface area contributed by atoms with Gasteiger partial charge in [-0.25, -0.2) is 9.69 Å². The maximum atomic E-state index is 11.9. The summed E-state index contributed by atoms with van der Waals surface area (Å²) >= 11 is 0. The van der Waals surface area contributed by atoms with E-state index in [1.165, 1.54) is 0 Å². The molecular formula is C11H11NO4S. The third-order valence-electron chi connectivity index (χ3n) is 2.60. The fourth-order valence-corrected chi connectivity index (χ4v) is 2.99. The minimum atomic E-state index is -1.27. The van der Waals surface area contributed by atoms with Gasteiger partial charge in [-0.05, 0) is 12.1 Å². The molecule has 0 spiro atoms. The Hall–Kier alpha value is -1.69. The van der Waals surface area contributed by atoms with Crippen LogP contribution in [0.2, 0.25) is 0 Å². The zero-order chi connectivity index (χ0) is 12.4. The molecule has 0 bridgehead atoms. The van der Waals surface area contributed by atoms with Gasteiger partial charge in [-0.3, -0.25) is 9.00 Å². The number of carboxylic acid groups (broad SMARTS) is 1. The molecule has 0 aromatic heterocycles. The van der Waals surface area contributed by atoms with Crippen molar-refractivity contribution < 1.29 is 18.9 Å². The number of benzene rings is 1. The second kappa shape index (κ2) is 4.67. The molecule has 0 aliphatic carbocycles. The molecule has 0 radical (unpaired) electrons. The molecule has 2 atom stereocenters. The number of imide groups is 1. The van der Waals surface area contributed by atoms with Gasteiger partial charge in [-0.2, -0.15) is 0 Å². The van der Waals surface area contributed by atoms with Gasteiger partial charge in [0.15, 0.2) is 0 Å². The summed E-state index contributed by atoms with van der Waals surface area (Å²) < 4.78 is 11.9. The van der Waals surface area contributed by atoms with Crippen LogP contribution in [0.4, 0.5) is 4.79 Å². The maximum absolute atomic E-state index is 11.9. The van der Waals surface area contributed by atoms with Gasteiger partial charge in [0.2, 0.25) is 5.91 Å². The Morgan fingerprint density at radius 3 is 2.59 bits per heavy atom. The Morgan fingerprint density at radius 2 is 2.06 bits per heavy atom. The number of nitrogens with zero attached hydrogens (tertiary/aromatic N) is 1. The van der Waals surface area contributed by atoms with E-state index in [1.54, 1.807) is 24.3 Å². The van der Waals surface area contributed by atoms with E-state index < -0.39 is 28.8 Å². The van der Waals surface area contributed by atoms with E-state index in [-0.39, 0.29) is 12.2 Å². The summed E-state index contributed by atoms with van der Waals surface area (Å²) in [5, 5.41) is 8.76. The van der Waals surface area contributed by atoms with Crippen molar-refractivity contribution in [1.29, 1.82) is 0 Å². The monoisotopic (exact) mass is 253 g/mol. The van der Waals surface area contributed by atoms with E-state index >= 15 is 0 Å². The lowest BCUT2D eigenvalue weighted by molar-refractivity contribution is -0.140. The van der Waals surface area contributed by atoms with Crippen LogP contribution in [-0.4, -0.2) is 38.0 Å². The molecule has 1 aromatic rings. The number of carbonyl (C=O) groups excluding carboxylic acids is 1. The van der Waals surface area contributed by atoms with Gasteiger partial charge in [0.1, 0.15) is 0 Å². The summed E-state index contributed by atoms with van der Waals surface area (Å²) in [4.78, 5) is 23.2. The summed E-state index contributed by atoms with van der Waals surface area (Å²) in [5.74, 6) is -0.255. The molecule has 2 amide bonds. The van der Waals surface area contributed by atoms with Gasteiger partial charge in [0, 0.05) is 17.1 Å². The average Bonchev–Trinajstić information content (AvgIpc) is 2.28. The third-order valence-corrected chi connectivity index (χ3v) is 4.09. The van der Waals surface area contributed by atoms with Crippen molar-refractivity contribution in [3.8, 4) is 0 Å². The molecule has 0 saturated carbocycles. The third kappa shape index (κ3) is 2.36. The molecule has 2 rings (SSSR count). The van der Waals surface area contributed by atoms with Gasteiger partial charge >= 0.3 is 6.09 Å². The van der Waals surface area contributed by atoms with Gasteiger partial charge in [0.25, 0.3) is 0 Å². The molecule has 1 aromatic carbocycles. The fraction of sp³-hybridized carbons (Fsp3) is 0.273. The Morgan fingerprint density at radius 1 is 1.41 bits per heavy atom. The van der Waals surface area contributed by atoms with E-state index in [4.69, 9.17) is 5.11 Å². The lowest BCUT2D eigenvalue weighted by Gasteiger charge is -2.35. The fourth-order valence-electron chi connectivity index (χ4n) is 1.72. The summed E-state index contributed by atoms with van der Waals surface area (Å²) in [6, 6.07) is 8.35. The van der Waals surface area contributed by atoms with E-state index in [1.807, 2.05) is 6.07 Å². The predicted molar refractivity (Wildman–Crippen MR) is 61.0 cm³/mol. The van der Waals surface area contributed by atoms with Crippen LogP contribution < -0.4 is 0 Å². The Bertz CT molecular complexity index is 466. The van der Waals surface area contributed by atoms with Crippen LogP contribution in [0.5, 0.6) is 0 Å². The number of rotatable bonds is 3. The van der Waals surface area contributed by atoms with Crippen LogP contribution in [0, 0.1) is 0 Å². The molecule has 5 nitrogen and oxygen atoms in total. The van der Waals surface area contributed by atoms with Gasteiger partial charge in [-0.15, -0.1) is 0 Å². The largest absolute Gasteiger partial charge is 0.465 e. The summed E-state index contributed by atoms with van der Waals surface area (Å²) in [6.45, 7) is 0. The summed E-state index contributed by atoms with van der Waals surface area (Å²) in [7, 11) is -1.27. The van der Waals surface area contributed by atoms with E-state index in [0.717, 1.165) is 4.90 Å². The van der Waals surface area contributed by atoms with Gasteiger partial charge in [0.05, 0.1) is 16.8 Å². The molecular weight excluding hydrogens is 242 g/mol. The second-order valence-electron chi connectivity index (χ2n) is 3.73. The van der Waals surface area contributed by atoms with Crippen molar-refractivity contribution in [1.82, 2.24) is 4.90 Å². The lowest BCUT2D eigenvalue weighted by Crippen LogP contribution is -2.57. The zero-order valence-electron chi connectivity index (χ0n) is 8.91. The molecule has 90 valence electrons. The van der Waals surface area contributed by atoms with Crippen LogP contribution in [-0.2, 0) is 15.6 Å². The van der Waals surface area contributed by atoms with Crippen molar-refractivity contribution >= 4 is 22.8 Å². The minimum absolute atomic E-state index is 0.158. The van der Waals surface area contributed by atoms with E-state index in [0.29, 0.717) is 4.90 Å². The van der Waals surface area contributed by atoms with Crippen LogP contribution >= 0.6 is 0 Å². The Kier molecular flexibility index (Phi) is 3.23. The molecule has 1 N–H and O–H groups in total. The van der Waals surface area contributed by atoms with Crippen molar-refractivity contribution in [3.63, 3.8) is 0 Å². The normalized spacial score (nSPS) is 20.8. The first-order valence-electron chi connectivity index (χ1n) is 5.08. The Labute approximate surface area is 101 Å². The maximum Gasteiger partial charge on any atom is 0.414 e. The smallest absolute Gasteiger partial charge is 0.414 e. The molecule has 1 fully saturated rings. The summed E-state index contributed by atoms with van der Waals surface area (Å²) in [5.41, 5.74) is 0. The molecule has 6 heteroatoms. The molecule has 17 heavy (non-hydrogen) atoms. The SMILES string of the molecule is O=C(O)N1C(=O)C[C@@H]1CS(=O)c1ccccc1. The zero-order valence-corrected chi connectivity index (χ0v) is 9.72. The molecule has 1 saturated heterocycles. The number of β-lactam (4-membered cyclic amide) rings is 1. The molecule has 1 aliphatic rings. The number of likely N-dealkylation sites (tertiary alicyclic amines) is 1. The molecule has 1 aliphatic heterocycles. The number of hydrogen-bond acceptors (Lipinski definition) is 3. The highest BCUT2D eigenvalue weighted by Gasteiger charge is 2.41. The topological polar surface area (TPSA) is 74.7 Å². The minimum Gasteiger partial charge on any atom is -0.465 e. The van der Waals surface area contributed by atoms with Gasteiger partial charge in [-0.1, -0.05) is 18.2 Å². The highest BCUT2D eigenvalue weighted by atomic mass is 32.2. The molecule has 1 heterocycles. The average molecular weight is 253 g/mol. The van der Waals surface area contributed by atoms with E-state index in [2.05, 4.69) is 0 Å². The van der Waals surface area contributed by atoms with Crippen molar-refractivity contribution in [2.75, 3.05) is 5.75 Å².